The monoisotopic (exact) mass is 523 g/mol. The van der Waals surface area contributed by atoms with E-state index in [-0.39, 0.29) is 23.1 Å². The number of ether oxygens (including phenoxy) is 3. The van der Waals surface area contributed by atoms with Crippen LogP contribution in [0, 0.1) is 5.92 Å². The molecule has 0 aliphatic heterocycles. The number of methoxy groups -OCH3 is 1. The average molecular weight is 524 g/mol. The molecule has 0 spiro atoms. The maximum absolute atomic E-state index is 12.7. The number of carbonyl (C=O) groups is 3. The number of hydrogen-bond donors (Lipinski definition) is 2. The molecule has 0 saturated heterocycles. The largest absolute Gasteiger partial charge is 0.490 e. The van der Waals surface area contributed by atoms with Crippen LogP contribution in [0.15, 0.2) is 41.5 Å². The van der Waals surface area contributed by atoms with Gasteiger partial charge in [-0.3, -0.25) is 9.59 Å². The third kappa shape index (κ3) is 8.45. The Morgan fingerprint density at radius 1 is 1.03 bits per heavy atom. The van der Waals surface area contributed by atoms with E-state index in [1.165, 1.54) is 31.5 Å². The molecule has 0 aliphatic rings. The molecule has 2 N–H and O–H groups in total. The molecule has 11 heteroatoms. The lowest BCUT2D eigenvalue weighted by atomic mass is 10.0. The quantitative estimate of drug-likeness (QED) is 0.262. The normalized spacial score (nSPS) is 11.7. The number of rotatable bonds is 11. The van der Waals surface area contributed by atoms with Gasteiger partial charge in [0, 0.05) is 5.56 Å². The molecule has 9 nitrogen and oxygen atoms in total. The number of carbonyl (C=O) groups excluding carboxylic acids is 3. The molecular formula is C24H27Cl2N3O6. The lowest BCUT2D eigenvalue weighted by Crippen LogP contribution is -2.48. The average Bonchev–Trinajstić information content (AvgIpc) is 2.83. The molecule has 1 atom stereocenters. The molecule has 2 aromatic rings. The van der Waals surface area contributed by atoms with Crippen LogP contribution in [0.1, 0.15) is 36.7 Å². The lowest BCUT2D eigenvalue weighted by molar-refractivity contribution is -0.142. The highest BCUT2D eigenvalue weighted by Crippen LogP contribution is 2.28. The molecule has 0 fully saturated rings. The Bertz CT molecular complexity index is 1090. The summed E-state index contributed by atoms with van der Waals surface area (Å²) in [7, 11) is 1.27. The fourth-order valence-corrected chi connectivity index (χ4v) is 3.12. The minimum atomic E-state index is -0.845. The highest BCUT2D eigenvalue weighted by Gasteiger charge is 2.24. The van der Waals surface area contributed by atoms with Crippen molar-refractivity contribution >= 4 is 47.2 Å². The van der Waals surface area contributed by atoms with Crippen LogP contribution in [-0.4, -0.2) is 50.4 Å². The van der Waals surface area contributed by atoms with E-state index in [1.54, 1.807) is 32.0 Å². The zero-order valence-electron chi connectivity index (χ0n) is 19.8. The van der Waals surface area contributed by atoms with Gasteiger partial charge in [-0.15, -0.1) is 0 Å². The van der Waals surface area contributed by atoms with Crippen molar-refractivity contribution in [3.05, 3.63) is 57.6 Å². The number of esters is 1. The predicted octanol–water partition coefficient (Wildman–Crippen LogP) is 3.85. The summed E-state index contributed by atoms with van der Waals surface area (Å²) in [5.74, 6) is -0.929. The number of nitrogens with one attached hydrogen (secondary N) is 2. The van der Waals surface area contributed by atoms with E-state index in [4.69, 9.17) is 32.7 Å². The summed E-state index contributed by atoms with van der Waals surface area (Å²) >= 11 is 11.9. The van der Waals surface area contributed by atoms with E-state index in [0.29, 0.717) is 28.7 Å². The van der Waals surface area contributed by atoms with Crippen molar-refractivity contribution in [2.75, 3.05) is 20.3 Å². The summed E-state index contributed by atoms with van der Waals surface area (Å²) in [4.78, 5) is 36.6. The van der Waals surface area contributed by atoms with Gasteiger partial charge in [-0.25, -0.2) is 10.2 Å². The van der Waals surface area contributed by atoms with Crippen molar-refractivity contribution < 1.29 is 28.6 Å². The maximum Gasteiger partial charge on any atom is 0.343 e. The third-order valence-corrected chi connectivity index (χ3v) is 5.39. The van der Waals surface area contributed by atoms with Gasteiger partial charge >= 0.3 is 5.97 Å². The molecule has 0 aliphatic carbocycles. The number of benzene rings is 2. The number of hydrazone groups is 1. The first kappa shape index (κ1) is 27.9. The van der Waals surface area contributed by atoms with Crippen LogP contribution in [-0.2, 0) is 14.3 Å². The van der Waals surface area contributed by atoms with E-state index in [9.17, 15) is 14.4 Å². The molecular weight excluding hydrogens is 497 g/mol. The highest BCUT2D eigenvalue weighted by atomic mass is 35.5. The van der Waals surface area contributed by atoms with Gasteiger partial charge in [0.05, 0.1) is 30.0 Å². The van der Waals surface area contributed by atoms with E-state index in [0.717, 1.165) is 0 Å². The van der Waals surface area contributed by atoms with Crippen LogP contribution in [0.4, 0.5) is 0 Å². The Balaban J connectivity index is 2.06. The van der Waals surface area contributed by atoms with E-state index >= 15 is 0 Å². The topological polar surface area (TPSA) is 115 Å². The molecule has 2 aromatic carbocycles. The first-order chi connectivity index (χ1) is 16.7. The zero-order valence-corrected chi connectivity index (χ0v) is 21.3. The number of hydrogen-bond acceptors (Lipinski definition) is 7. The second-order valence-corrected chi connectivity index (χ2v) is 8.38. The van der Waals surface area contributed by atoms with Gasteiger partial charge in [0.25, 0.3) is 11.8 Å². The summed E-state index contributed by atoms with van der Waals surface area (Å²) in [5.41, 5.74) is 3.33. The van der Waals surface area contributed by atoms with Crippen LogP contribution < -0.4 is 20.2 Å². The van der Waals surface area contributed by atoms with Crippen LogP contribution in [0.25, 0.3) is 0 Å². The fraction of sp³-hybridized carbons (Fsp3) is 0.333. The Morgan fingerprint density at radius 2 is 1.77 bits per heavy atom. The van der Waals surface area contributed by atoms with Crippen molar-refractivity contribution in [2.24, 2.45) is 11.0 Å². The van der Waals surface area contributed by atoms with Gasteiger partial charge in [-0.05, 0) is 54.8 Å². The van der Waals surface area contributed by atoms with Crippen LogP contribution in [0.3, 0.4) is 0 Å². The Kier molecular flexibility index (Phi) is 10.8. The van der Waals surface area contributed by atoms with E-state index in [2.05, 4.69) is 20.6 Å². The predicted molar refractivity (Wildman–Crippen MR) is 133 cm³/mol. The van der Waals surface area contributed by atoms with Crippen LogP contribution in [0.2, 0.25) is 10.0 Å². The van der Waals surface area contributed by atoms with Crippen LogP contribution >= 0.6 is 23.2 Å². The SMILES string of the molecule is CCOc1cc(/C=N/NC(=O)C(NC(=O)c2ccc(Cl)c(Cl)c2)C(C)C)ccc1OCC(=O)OC. The van der Waals surface area contributed by atoms with Crippen molar-refractivity contribution in [1.29, 1.82) is 0 Å². The Hall–Kier alpha value is -3.30. The molecule has 1 unspecified atom stereocenters. The molecule has 2 amide bonds. The zero-order chi connectivity index (χ0) is 26.0. The summed E-state index contributed by atoms with van der Waals surface area (Å²) < 4.78 is 15.5. The first-order valence-corrected chi connectivity index (χ1v) is 11.5. The second-order valence-electron chi connectivity index (χ2n) is 7.56. The van der Waals surface area contributed by atoms with E-state index in [1.807, 2.05) is 6.92 Å². The summed E-state index contributed by atoms with van der Waals surface area (Å²) in [6.07, 6.45) is 1.42. The van der Waals surface area contributed by atoms with E-state index < -0.39 is 23.8 Å². The third-order valence-electron chi connectivity index (χ3n) is 4.65. The van der Waals surface area contributed by atoms with Crippen molar-refractivity contribution in [3.63, 3.8) is 0 Å². The van der Waals surface area contributed by atoms with Crippen molar-refractivity contribution in [2.45, 2.75) is 26.8 Å². The van der Waals surface area contributed by atoms with Gasteiger partial charge in [0.2, 0.25) is 0 Å². The Labute approximate surface area is 213 Å². The molecule has 0 radical (unpaired) electrons. The highest BCUT2D eigenvalue weighted by molar-refractivity contribution is 6.42. The molecule has 0 heterocycles. The summed E-state index contributed by atoms with van der Waals surface area (Å²) in [6.45, 7) is 5.52. The molecule has 188 valence electrons. The summed E-state index contributed by atoms with van der Waals surface area (Å²) in [5, 5.41) is 7.24. The molecule has 0 saturated carbocycles. The van der Waals surface area contributed by atoms with Gasteiger partial charge in [0.1, 0.15) is 6.04 Å². The number of halogens is 2. The minimum absolute atomic E-state index is 0.215. The van der Waals surface area contributed by atoms with Gasteiger partial charge < -0.3 is 19.5 Å². The van der Waals surface area contributed by atoms with Gasteiger partial charge in [-0.1, -0.05) is 37.0 Å². The van der Waals surface area contributed by atoms with Crippen molar-refractivity contribution in [3.8, 4) is 11.5 Å². The summed E-state index contributed by atoms with van der Waals surface area (Å²) in [6, 6.07) is 8.56. The van der Waals surface area contributed by atoms with Gasteiger partial charge in [0.15, 0.2) is 18.1 Å². The molecule has 35 heavy (non-hydrogen) atoms. The Morgan fingerprint density at radius 3 is 2.40 bits per heavy atom. The van der Waals surface area contributed by atoms with Gasteiger partial charge in [-0.2, -0.15) is 5.10 Å². The smallest absolute Gasteiger partial charge is 0.343 e. The second kappa shape index (κ2) is 13.6. The van der Waals surface area contributed by atoms with Crippen LogP contribution in [0.5, 0.6) is 11.5 Å². The molecule has 0 aromatic heterocycles. The molecule has 2 rings (SSSR count). The number of nitrogens with zero attached hydrogens (tertiary/aromatic N) is 1. The standard InChI is InChI=1S/C24H27Cl2N3O6/c1-5-34-20-10-15(6-9-19(20)35-13-21(30)33-4)12-27-29-24(32)22(14(2)3)28-23(31)16-7-8-17(25)18(26)11-16/h6-12,14,22H,5,13H2,1-4H3,(H,28,31)(H,29,32)/b27-12+. The maximum atomic E-state index is 12.7. The molecule has 0 bridgehead atoms. The lowest BCUT2D eigenvalue weighted by Gasteiger charge is -2.20. The number of amides is 2. The first-order valence-electron chi connectivity index (χ1n) is 10.7. The van der Waals surface area contributed by atoms with Crippen molar-refractivity contribution in [1.82, 2.24) is 10.7 Å². The fourth-order valence-electron chi connectivity index (χ4n) is 2.82. The minimum Gasteiger partial charge on any atom is -0.490 e.